The van der Waals surface area contributed by atoms with Gasteiger partial charge in [0.25, 0.3) is 5.91 Å². The van der Waals surface area contributed by atoms with Crippen LogP contribution in [0, 0.1) is 0 Å². The molecule has 2 heterocycles. The molecule has 0 aliphatic carbocycles. The highest BCUT2D eigenvalue weighted by atomic mass is 32.2. The highest BCUT2D eigenvalue weighted by Crippen LogP contribution is 2.25. The summed E-state index contributed by atoms with van der Waals surface area (Å²) in [5, 5.41) is 3.98. The van der Waals surface area contributed by atoms with Gasteiger partial charge >= 0.3 is 0 Å². The molecular formula is C33H46N4O3S. The monoisotopic (exact) mass is 578 g/mol. The number of hydrogen-bond donors (Lipinski definition) is 1. The van der Waals surface area contributed by atoms with Crippen LogP contribution in [0.3, 0.4) is 0 Å². The van der Waals surface area contributed by atoms with Crippen molar-refractivity contribution in [3.05, 3.63) is 90.8 Å². The van der Waals surface area contributed by atoms with Crippen LogP contribution in [-0.4, -0.2) is 49.4 Å². The Morgan fingerprint density at radius 3 is 2.54 bits per heavy atom. The minimum Gasteiger partial charge on any atom is -0.382 e. The van der Waals surface area contributed by atoms with Gasteiger partial charge in [0.15, 0.2) is 0 Å². The quantitative estimate of drug-likeness (QED) is 0.164. The molecule has 0 unspecified atom stereocenters. The van der Waals surface area contributed by atoms with Gasteiger partial charge in [-0.1, -0.05) is 51.6 Å². The molecule has 1 amide bonds. The van der Waals surface area contributed by atoms with E-state index in [0.717, 1.165) is 60.8 Å². The highest BCUT2D eigenvalue weighted by molar-refractivity contribution is 8.00. The fourth-order valence-electron chi connectivity index (χ4n) is 3.24. The van der Waals surface area contributed by atoms with Gasteiger partial charge in [0, 0.05) is 53.6 Å². The third-order valence-corrected chi connectivity index (χ3v) is 6.34. The lowest BCUT2D eigenvalue weighted by Gasteiger charge is -2.27. The van der Waals surface area contributed by atoms with E-state index in [1.165, 1.54) is 0 Å². The van der Waals surface area contributed by atoms with Crippen LogP contribution < -0.4 is 9.62 Å². The molecule has 1 N–H and O–H groups in total. The number of aromatic nitrogens is 1. The molecule has 4 rings (SSSR count). The number of carbonyl (C=O) groups excluding carboxylic acids is 1. The number of aliphatic imine (C=N–C) groups is 1. The van der Waals surface area contributed by atoms with E-state index in [2.05, 4.69) is 33.1 Å². The van der Waals surface area contributed by atoms with E-state index < -0.39 is 0 Å². The number of benzene rings is 2. The van der Waals surface area contributed by atoms with E-state index in [1.54, 1.807) is 30.4 Å². The summed E-state index contributed by atoms with van der Waals surface area (Å²) in [6.07, 6.45) is 8.16. The molecule has 0 radical (unpaired) electrons. The molecule has 8 heteroatoms. The lowest BCUT2D eigenvalue weighted by Crippen LogP contribution is -2.26. The van der Waals surface area contributed by atoms with Crippen molar-refractivity contribution in [2.45, 2.75) is 48.0 Å². The molecule has 3 aromatic rings. The predicted octanol–water partition coefficient (Wildman–Crippen LogP) is 8.56. The Balaban J connectivity index is 0.000000437. The summed E-state index contributed by atoms with van der Waals surface area (Å²) in [6, 6.07) is 17.2. The van der Waals surface area contributed by atoms with E-state index in [9.17, 15) is 4.79 Å². The number of carbonyl (C=O) groups is 1. The molecule has 1 aromatic heterocycles. The van der Waals surface area contributed by atoms with Crippen molar-refractivity contribution >= 4 is 46.3 Å². The Bertz CT molecular complexity index is 1200. The van der Waals surface area contributed by atoms with Gasteiger partial charge in [-0.05, 0) is 81.6 Å². The Morgan fingerprint density at radius 1 is 1.20 bits per heavy atom. The zero-order chi connectivity index (χ0) is 30.3. The molecule has 1 aliphatic heterocycles. The molecule has 1 saturated heterocycles. The van der Waals surface area contributed by atoms with Gasteiger partial charge in [0.2, 0.25) is 0 Å². The van der Waals surface area contributed by atoms with E-state index in [1.807, 2.05) is 95.3 Å². The zero-order valence-corrected chi connectivity index (χ0v) is 26.2. The maximum atomic E-state index is 12.5. The van der Waals surface area contributed by atoms with Crippen LogP contribution in [0.5, 0.6) is 0 Å². The molecular weight excluding hydrogens is 532 g/mol. The van der Waals surface area contributed by atoms with Crippen LogP contribution in [0.2, 0.25) is 0 Å². The number of fused-ring (bicyclic) bond motifs is 1. The van der Waals surface area contributed by atoms with Gasteiger partial charge in [-0.2, -0.15) is 0 Å². The average Bonchev–Trinajstić information content (AvgIpc) is 3.04. The molecule has 2 aromatic carbocycles. The van der Waals surface area contributed by atoms with E-state index in [-0.39, 0.29) is 5.91 Å². The topological polar surface area (TPSA) is 76.0 Å². The molecule has 41 heavy (non-hydrogen) atoms. The summed E-state index contributed by atoms with van der Waals surface area (Å²) in [5.74, 6) is 0.537. The Hall–Kier alpha value is -3.46. The van der Waals surface area contributed by atoms with Crippen molar-refractivity contribution in [1.29, 1.82) is 0 Å². The SMILES string of the molecule is C=CC=N/C(C)=C/C.CC.CCCOCC.O=C(Nc1ccc2cccnc2c1)c1ccc(N2CCOCS2)cc1. The number of ether oxygens (including phenoxy) is 2. The normalized spacial score (nSPS) is 12.7. The number of hydrogen-bond acceptors (Lipinski definition) is 7. The Kier molecular flexibility index (Phi) is 19.3. The van der Waals surface area contributed by atoms with E-state index >= 15 is 0 Å². The van der Waals surface area contributed by atoms with Gasteiger partial charge < -0.3 is 19.1 Å². The van der Waals surface area contributed by atoms with Crippen molar-refractivity contribution in [1.82, 2.24) is 4.98 Å². The summed E-state index contributed by atoms with van der Waals surface area (Å²) in [5.41, 5.74) is 4.33. The number of anilines is 2. The summed E-state index contributed by atoms with van der Waals surface area (Å²) < 4.78 is 12.5. The van der Waals surface area contributed by atoms with Crippen LogP contribution in [0.1, 0.15) is 58.3 Å². The van der Waals surface area contributed by atoms with Crippen LogP contribution >= 0.6 is 11.9 Å². The molecule has 7 nitrogen and oxygen atoms in total. The average molecular weight is 579 g/mol. The summed E-state index contributed by atoms with van der Waals surface area (Å²) in [7, 11) is 0. The highest BCUT2D eigenvalue weighted by Gasteiger charge is 2.13. The first kappa shape index (κ1) is 35.6. The van der Waals surface area contributed by atoms with Gasteiger partial charge in [0.1, 0.15) is 5.94 Å². The summed E-state index contributed by atoms with van der Waals surface area (Å²) >= 11 is 1.64. The van der Waals surface area contributed by atoms with Crippen molar-refractivity contribution in [2.24, 2.45) is 4.99 Å². The largest absolute Gasteiger partial charge is 0.382 e. The van der Waals surface area contributed by atoms with Crippen LogP contribution in [0.4, 0.5) is 11.4 Å². The van der Waals surface area contributed by atoms with E-state index in [4.69, 9.17) is 9.47 Å². The van der Waals surface area contributed by atoms with Gasteiger partial charge in [0.05, 0.1) is 18.7 Å². The number of pyridine rings is 1. The first-order chi connectivity index (χ1) is 20.0. The number of nitrogens with one attached hydrogen (secondary N) is 1. The van der Waals surface area contributed by atoms with Crippen molar-refractivity contribution in [3.63, 3.8) is 0 Å². The molecule has 0 spiro atoms. The number of amides is 1. The second-order valence-electron chi connectivity index (χ2n) is 8.31. The molecule has 222 valence electrons. The number of rotatable bonds is 8. The lowest BCUT2D eigenvalue weighted by atomic mass is 10.1. The third kappa shape index (κ3) is 14.1. The maximum absolute atomic E-state index is 12.5. The van der Waals surface area contributed by atoms with Crippen LogP contribution in [0.15, 0.2) is 90.2 Å². The van der Waals surface area contributed by atoms with Gasteiger partial charge in [-0.15, -0.1) is 0 Å². The Labute approximate surface area is 250 Å². The fraction of sp³-hybridized carbons (Fsp3) is 0.364. The molecule has 0 saturated carbocycles. The molecule has 0 bridgehead atoms. The minimum atomic E-state index is -0.128. The number of allylic oxidation sites excluding steroid dienone is 3. The maximum Gasteiger partial charge on any atom is 0.255 e. The second-order valence-corrected chi connectivity index (χ2v) is 9.24. The zero-order valence-electron chi connectivity index (χ0n) is 25.4. The van der Waals surface area contributed by atoms with Gasteiger partial charge in [-0.25, -0.2) is 0 Å². The smallest absolute Gasteiger partial charge is 0.255 e. The first-order valence-corrected chi connectivity index (χ1v) is 15.1. The first-order valence-electron chi connectivity index (χ1n) is 14.1. The fourth-order valence-corrected chi connectivity index (χ4v) is 4.03. The van der Waals surface area contributed by atoms with E-state index in [0.29, 0.717) is 11.5 Å². The Morgan fingerprint density at radius 2 is 1.95 bits per heavy atom. The summed E-state index contributed by atoms with van der Waals surface area (Å²) in [6.45, 7) is 18.8. The number of nitrogens with zero attached hydrogens (tertiary/aromatic N) is 3. The van der Waals surface area contributed by atoms with Crippen LogP contribution in [0.25, 0.3) is 10.9 Å². The van der Waals surface area contributed by atoms with Crippen LogP contribution in [-0.2, 0) is 9.47 Å². The molecule has 1 fully saturated rings. The van der Waals surface area contributed by atoms with Crippen molar-refractivity contribution in [3.8, 4) is 0 Å². The van der Waals surface area contributed by atoms with Crippen molar-refractivity contribution in [2.75, 3.05) is 41.9 Å². The summed E-state index contributed by atoms with van der Waals surface area (Å²) in [4.78, 5) is 20.8. The minimum absolute atomic E-state index is 0.128. The molecule has 0 atom stereocenters. The second kappa shape index (κ2) is 22.3. The lowest BCUT2D eigenvalue weighted by molar-refractivity contribution is 0.102. The standard InChI is InChI=1S/C19H17N3O2S.C7H11N.C5H12O.C2H6/c23-19(21-16-6-3-14-2-1-9-20-18(14)12-16)15-4-7-17(8-5-15)22-10-11-24-13-25-22;1-4-6-8-7(3)5-2;1-3-5-6-4-2;1-2/h1-9,12H,10-11,13H2,(H,21,23);4-6H,1H2,2-3H3;3-5H2,1-2H3;1-2H3/b;7-5+,8-6?;;. The van der Waals surface area contributed by atoms with Gasteiger partial charge in [-0.3, -0.25) is 14.8 Å². The van der Waals surface area contributed by atoms with Crippen molar-refractivity contribution < 1.29 is 14.3 Å². The predicted molar refractivity (Wildman–Crippen MR) is 178 cm³/mol. The molecule has 1 aliphatic rings. The third-order valence-electron chi connectivity index (χ3n) is 5.37.